The predicted molar refractivity (Wildman–Crippen MR) is 240 cm³/mol. The number of benzene rings is 6. The van der Waals surface area contributed by atoms with Crippen LogP contribution < -0.4 is 19.3 Å². The lowest BCUT2D eigenvalue weighted by molar-refractivity contribution is -0.129. The molecule has 0 saturated heterocycles. The number of carbonyl (C=O) groups excluding carboxylic acids is 2. The Morgan fingerprint density at radius 1 is 0.397 bits per heavy atom. The lowest BCUT2D eigenvalue weighted by Gasteiger charge is -2.24. The fourth-order valence-corrected chi connectivity index (χ4v) is 8.66. The molecule has 2 heterocycles. The number of thiophene rings is 2. The second-order valence-electron chi connectivity index (χ2n) is 13.0. The zero-order valence-electron chi connectivity index (χ0n) is 31.2. The number of anilines is 6. The van der Waals surface area contributed by atoms with Gasteiger partial charge in [0.05, 0.1) is 0 Å². The molecule has 0 spiro atoms. The van der Waals surface area contributed by atoms with Gasteiger partial charge in [0.25, 0.3) is 0 Å². The van der Waals surface area contributed by atoms with Crippen molar-refractivity contribution in [1.82, 2.24) is 0 Å². The van der Waals surface area contributed by atoms with Crippen molar-refractivity contribution in [2.45, 2.75) is 0 Å². The minimum atomic E-state index is -0.484. The molecule has 0 bridgehead atoms. The van der Waals surface area contributed by atoms with Crippen LogP contribution in [0.1, 0.15) is 0 Å². The van der Waals surface area contributed by atoms with E-state index in [0.29, 0.717) is 11.5 Å². The summed E-state index contributed by atoms with van der Waals surface area (Å²) in [5.74, 6) is -0.0151. The Kier molecular flexibility index (Phi) is 11.2. The Morgan fingerprint density at radius 2 is 0.707 bits per heavy atom. The first-order valence-corrected chi connectivity index (χ1v) is 20.1. The number of esters is 2. The van der Waals surface area contributed by atoms with Crippen molar-refractivity contribution in [1.29, 1.82) is 0 Å². The quantitative estimate of drug-likeness (QED) is 0.0658. The summed E-state index contributed by atoms with van der Waals surface area (Å²) in [7, 11) is 0. The second kappa shape index (κ2) is 17.3. The molecule has 0 radical (unpaired) electrons. The third-order valence-corrected chi connectivity index (χ3v) is 11.6. The van der Waals surface area contributed by atoms with E-state index in [1.807, 2.05) is 36.4 Å². The molecule has 0 aliphatic carbocycles. The molecule has 0 aliphatic heterocycles. The van der Waals surface area contributed by atoms with E-state index in [-0.39, 0.29) is 0 Å². The fourth-order valence-electron chi connectivity index (χ4n) is 6.47. The number of rotatable bonds is 13. The van der Waals surface area contributed by atoms with Gasteiger partial charge in [-0.3, -0.25) is 0 Å². The summed E-state index contributed by atoms with van der Waals surface area (Å²) in [4.78, 5) is 30.1. The Bertz CT molecular complexity index is 2480. The number of hydrogen-bond acceptors (Lipinski definition) is 8. The van der Waals surface area contributed by atoms with E-state index >= 15 is 0 Å². The molecule has 282 valence electrons. The first kappa shape index (κ1) is 37.7. The predicted octanol–water partition coefficient (Wildman–Crippen LogP) is 13.9. The lowest BCUT2D eigenvalue weighted by Crippen LogP contribution is -2.08. The van der Waals surface area contributed by atoms with Crippen molar-refractivity contribution in [3.63, 3.8) is 0 Å². The maximum atomic E-state index is 11.6. The Hall–Kier alpha value is -7.26. The molecule has 2 aromatic heterocycles. The van der Waals surface area contributed by atoms with Gasteiger partial charge >= 0.3 is 11.9 Å². The van der Waals surface area contributed by atoms with Crippen molar-refractivity contribution in [3.8, 4) is 43.5 Å². The van der Waals surface area contributed by atoms with Crippen LogP contribution in [0.4, 0.5) is 32.8 Å². The Labute approximate surface area is 345 Å². The topological polar surface area (TPSA) is 59.1 Å². The standard InChI is InChI=1S/C50H36N2O4S2/c1-3-49(53)55-43-27-19-37(20-28-43)35-15-23-41(24-16-35)51(39-11-7-5-8-12-39)47-33-31-45(57-47)46-32-34-48(58-46)52(40-13-9-6-10-14-40)42-25-17-36(18-26-42)38-21-29-44(30-22-38)56-50(54)4-2/h3-34H,1-2H2. The first-order chi connectivity index (χ1) is 28.4. The van der Waals surface area contributed by atoms with Crippen LogP contribution in [-0.4, -0.2) is 11.9 Å². The van der Waals surface area contributed by atoms with E-state index in [2.05, 4.69) is 144 Å². The van der Waals surface area contributed by atoms with Gasteiger partial charge < -0.3 is 19.3 Å². The van der Waals surface area contributed by atoms with E-state index < -0.39 is 11.9 Å². The van der Waals surface area contributed by atoms with E-state index in [0.717, 1.165) is 67.2 Å². The average molecular weight is 793 g/mol. The molecule has 6 aromatic carbocycles. The molecule has 0 aliphatic rings. The van der Waals surface area contributed by atoms with Crippen molar-refractivity contribution in [2.24, 2.45) is 0 Å². The molecule has 0 saturated carbocycles. The smallest absolute Gasteiger partial charge is 0.335 e. The van der Waals surface area contributed by atoms with Crippen LogP contribution in [0.15, 0.2) is 207 Å². The summed E-state index contributed by atoms with van der Waals surface area (Å²) in [5.41, 5.74) is 8.35. The van der Waals surface area contributed by atoms with Crippen LogP contribution in [0.2, 0.25) is 0 Å². The van der Waals surface area contributed by atoms with Crippen molar-refractivity contribution in [2.75, 3.05) is 9.80 Å². The monoisotopic (exact) mass is 792 g/mol. The summed E-state index contributed by atoms with van der Waals surface area (Å²) >= 11 is 3.50. The third-order valence-electron chi connectivity index (χ3n) is 9.29. The number of hydrogen-bond donors (Lipinski definition) is 0. The summed E-state index contributed by atoms with van der Waals surface area (Å²) in [6.45, 7) is 6.92. The van der Waals surface area contributed by atoms with Gasteiger partial charge in [-0.15, -0.1) is 22.7 Å². The number of ether oxygens (including phenoxy) is 2. The molecule has 8 heteroatoms. The summed E-state index contributed by atoms with van der Waals surface area (Å²) in [6, 6.07) is 61.5. The first-order valence-electron chi connectivity index (χ1n) is 18.5. The molecular formula is C50H36N2O4S2. The van der Waals surface area contributed by atoms with Crippen LogP contribution in [0.3, 0.4) is 0 Å². The highest BCUT2D eigenvalue weighted by Crippen LogP contribution is 2.47. The maximum Gasteiger partial charge on any atom is 0.335 e. The van der Waals surface area contributed by atoms with Gasteiger partial charge in [0.15, 0.2) is 0 Å². The Balaban J connectivity index is 1.06. The molecule has 0 atom stereocenters. The fraction of sp³-hybridized carbons (Fsp3) is 0. The van der Waals surface area contributed by atoms with Gasteiger partial charge in [-0.1, -0.05) is 98.1 Å². The normalized spacial score (nSPS) is 10.7. The molecule has 8 aromatic rings. The maximum absolute atomic E-state index is 11.6. The van der Waals surface area contributed by atoms with Crippen molar-refractivity contribution in [3.05, 3.63) is 207 Å². The van der Waals surface area contributed by atoms with Gasteiger partial charge in [0.1, 0.15) is 21.5 Å². The van der Waals surface area contributed by atoms with E-state index in [9.17, 15) is 9.59 Å². The highest BCUT2D eigenvalue weighted by molar-refractivity contribution is 7.26. The molecule has 0 fully saturated rings. The zero-order valence-corrected chi connectivity index (χ0v) is 32.9. The number of carbonyl (C=O) groups is 2. The second-order valence-corrected chi connectivity index (χ2v) is 15.1. The van der Waals surface area contributed by atoms with Crippen LogP contribution in [0, 0.1) is 0 Å². The minimum absolute atomic E-state index is 0.476. The minimum Gasteiger partial charge on any atom is -0.423 e. The molecule has 58 heavy (non-hydrogen) atoms. The van der Waals surface area contributed by atoms with Gasteiger partial charge in [-0.05, 0) is 119 Å². The van der Waals surface area contributed by atoms with E-state index in [1.165, 1.54) is 9.75 Å². The SMILES string of the molecule is C=CC(=O)Oc1ccc(-c2ccc(N(c3ccccc3)c3ccc(-c4ccc(N(c5ccccc5)c5ccc(-c6ccc(OC(=O)C=C)cc6)cc5)s4)s3)cc2)cc1. The summed E-state index contributed by atoms with van der Waals surface area (Å²) in [5, 5.41) is 2.19. The van der Waals surface area contributed by atoms with Crippen molar-refractivity contribution >= 4 is 67.4 Å². The van der Waals surface area contributed by atoms with Gasteiger partial charge in [-0.2, -0.15) is 0 Å². The van der Waals surface area contributed by atoms with Gasteiger partial charge in [-0.25, -0.2) is 9.59 Å². The van der Waals surface area contributed by atoms with Gasteiger partial charge in [0, 0.05) is 44.7 Å². The lowest BCUT2D eigenvalue weighted by atomic mass is 10.0. The number of nitrogens with zero attached hydrogens (tertiary/aromatic N) is 2. The molecule has 0 N–H and O–H groups in total. The van der Waals surface area contributed by atoms with Crippen LogP contribution in [0.5, 0.6) is 11.5 Å². The number of para-hydroxylation sites is 2. The average Bonchev–Trinajstić information content (AvgIpc) is 3.97. The summed E-state index contributed by atoms with van der Waals surface area (Å²) in [6.07, 6.45) is 2.30. The molecule has 6 nitrogen and oxygen atoms in total. The molecule has 0 amide bonds. The van der Waals surface area contributed by atoms with E-state index in [1.54, 1.807) is 46.9 Å². The molecular weight excluding hydrogens is 757 g/mol. The van der Waals surface area contributed by atoms with E-state index in [4.69, 9.17) is 9.47 Å². The molecule has 8 rings (SSSR count). The van der Waals surface area contributed by atoms with Crippen LogP contribution >= 0.6 is 22.7 Å². The van der Waals surface area contributed by atoms with Crippen molar-refractivity contribution < 1.29 is 19.1 Å². The molecule has 0 unspecified atom stereocenters. The van der Waals surface area contributed by atoms with Crippen LogP contribution in [0.25, 0.3) is 32.0 Å². The highest BCUT2D eigenvalue weighted by atomic mass is 32.1. The Morgan fingerprint density at radius 3 is 1.03 bits per heavy atom. The van der Waals surface area contributed by atoms with Crippen LogP contribution in [-0.2, 0) is 9.59 Å². The summed E-state index contributed by atoms with van der Waals surface area (Å²) < 4.78 is 10.5. The third kappa shape index (κ3) is 8.44. The van der Waals surface area contributed by atoms with Gasteiger partial charge in [0.2, 0.25) is 0 Å². The highest BCUT2D eigenvalue weighted by Gasteiger charge is 2.19. The zero-order chi connectivity index (χ0) is 39.8. The largest absolute Gasteiger partial charge is 0.423 e.